The molecule has 0 radical (unpaired) electrons. The number of nitrogens with zero attached hydrogens (tertiary/aromatic N) is 2. The molecule has 0 aliphatic rings. The van der Waals surface area contributed by atoms with Gasteiger partial charge in [0, 0.05) is 25.7 Å². The van der Waals surface area contributed by atoms with Gasteiger partial charge in [0.05, 0.1) is 5.69 Å². The van der Waals surface area contributed by atoms with Crippen LogP contribution in [0.25, 0.3) is 0 Å². The van der Waals surface area contributed by atoms with Gasteiger partial charge in [-0.15, -0.1) is 0 Å². The monoisotopic (exact) mass is 167 g/mol. The lowest BCUT2D eigenvalue weighted by molar-refractivity contribution is 0.533. The van der Waals surface area contributed by atoms with Crippen molar-refractivity contribution in [1.29, 1.82) is 0 Å². The second-order valence-electron chi connectivity index (χ2n) is 3.08. The number of aromatic nitrogens is 2. The average molecular weight is 167 g/mol. The summed E-state index contributed by atoms with van der Waals surface area (Å²) in [6.45, 7) is 2.18. The molecule has 1 aromatic heterocycles. The Hall–Kier alpha value is -0.830. The molecule has 1 unspecified atom stereocenters. The third-order valence-electron chi connectivity index (χ3n) is 2.13. The van der Waals surface area contributed by atoms with Crippen LogP contribution in [0.4, 0.5) is 0 Å². The molecule has 0 aliphatic carbocycles. The van der Waals surface area contributed by atoms with Crippen molar-refractivity contribution in [2.75, 3.05) is 7.05 Å². The van der Waals surface area contributed by atoms with Gasteiger partial charge in [-0.25, -0.2) is 0 Å². The first-order valence-corrected chi connectivity index (χ1v) is 4.42. The van der Waals surface area contributed by atoms with Gasteiger partial charge in [0.25, 0.3) is 0 Å². The van der Waals surface area contributed by atoms with Crippen LogP contribution in [-0.2, 0) is 13.5 Å². The van der Waals surface area contributed by atoms with E-state index in [2.05, 4.69) is 23.4 Å². The Bertz CT molecular complexity index is 225. The maximum Gasteiger partial charge on any atom is 0.0639 e. The molecule has 1 atom stereocenters. The second kappa shape index (κ2) is 4.26. The first kappa shape index (κ1) is 9.26. The fourth-order valence-corrected chi connectivity index (χ4v) is 1.28. The first-order chi connectivity index (χ1) is 5.76. The number of nitrogens with one attached hydrogen (secondary N) is 1. The van der Waals surface area contributed by atoms with E-state index in [1.54, 1.807) is 0 Å². The van der Waals surface area contributed by atoms with Gasteiger partial charge in [0.1, 0.15) is 0 Å². The molecule has 1 rings (SSSR count). The molecule has 68 valence electrons. The zero-order valence-electron chi connectivity index (χ0n) is 8.04. The lowest BCUT2D eigenvalue weighted by Gasteiger charge is -2.10. The summed E-state index contributed by atoms with van der Waals surface area (Å²) < 4.78 is 1.84. The van der Waals surface area contributed by atoms with Crippen molar-refractivity contribution >= 4 is 0 Å². The quantitative estimate of drug-likeness (QED) is 0.724. The van der Waals surface area contributed by atoms with Crippen LogP contribution in [0.15, 0.2) is 12.3 Å². The summed E-state index contributed by atoms with van der Waals surface area (Å²) in [6, 6.07) is 2.62. The fourth-order valence-electron chi connectivity index (χ4n) is 1.28. The van der Waals surface area contributed by atoms with Gasteiger partial charge >= 0.3 is 0 Å². The summed E-state index contributed by atoms with van der Waals surface area (Å²) in [5.41, 5.74) is 1.17. The zero-order valence-corrected chi connectivity index (χ0v) is 8.04. The molecule has 1 aromatic rings. The van der Waals surface area contributed by atoms with E-state index in [9.17, 15) is 0 Å². The Labute approximate surface area is 73.8 Å². The first-order valence-electron chi connectivity index (χ1n) is 4.42. The fraction of sp³-hybridized carbons (Fsp3) is 0.667. The van der Waals surface area contributed by atoms with E-state index in [1.165, 1.54) is 5.69 Å². The number of likely N-dealkylation sites (N-methyl/N-ethyl adjacent to an activating group) is 1. The number of hydrogen-bond donors (Lipinski definition) is 1. The minimum Gasteiger partial charge on any atom is -0.317 e. The van der Waals surface area contributed by atoms with Gasteiger partial charge in [-0.1, -0.05) is 6.92 Å². The van der Waals surface area contributed by atoms with E-state index >= 15 is 0 Å². The highest BCUT2D eigenvalue weighted by Gasteiger charge is 2.05. The predicted octanol–water partition coefficient (Wildman–Crippen LogP) is 0.961. The van der Waals surface area contributed by atoms with Crippen LogP contribution in [0.1, 0.15) is 19.0 Å². The van der Waals surface area contributed by atoms with Gasteiger partial charge in [-0.05, 0) is 19.5 Å². The largest absolute Gasteiger partial charge is 0.317 e. The normalized spacial score (nSPS) is 13.2. The van der Waals surface area contributed by atoms with Crippen LogP contribution in [0.5, 0.6) is 0 Å². The molecule has 3 heteroatoms. The van der Waals surface area contributed by atoms with Gasteiger partial charge < -0.3 is 5.32 Å². The Kier molecular flexibility index (Phi) is 3.29. The number of aryl methyl sites for hydroxylation is 1. The summed E-state index contributed by atoms with van der Waals surface area (Å²) in [5.74, 6) is 0. The van der Waals surface area contributed by atoms with Gasteiger partial charge in [-0.3, -0.25) is 4.68 Å². The highest BCUT2D eigenvalue weighted by atomic mass is 15.2. The molecule has 0 fully saturated rings. The standard InChI is InChI=1S/C9H17N3/c1-4-8(10-2)7-9-5-6-12(3)11-9/h5-6,8,10H,4,7H2,1-3H3. The summed E-state index contributed by atoms with van der Waals surface area (Å²) in [6.07, 6.45) is 4.15. The van der Waals surface area contributed by atoms with Gasteiger partial charge in [0.2, 0.25) is 0 Å². The summed E-state index contributed by atoms with van der Waals surface area (Å²) in [4.78, 5) is 0. The minimum absolute atomic E-state index is 0.555. The molecule has 0 saturated heterocycles. The second-order valence-corrected chi connectivity index (χ2v) is 3.08. The SMILES string of the molecule is CCC(Cc1ccn(C)n1)NC. The van der Waals surface area contributed by atoms with Crippen LogP contribution in [0.2, 0.25) is 0 Å². The van der Waals surface area contributed by atoms with Crippen LogP contribution in [0.3, 0.4) is 0 Å². The highest BCUT2D eigenvalue weighted by molar-refractivity contribution is 5.00. The van der Waals surface area contributed by atoms with E-state index in [-0.39, 0.29) is 0 Å². The average Bonchev–Trinajstić information content (AvgIpc) is 2.47. The number of rotatable bonds is 4. The molecular formula is C9H17N3. The zero-order chi connectivity index (χ0) is 8.97. The van der Waals surface area contributed by atoms with Crippen LogP contribution >= 0.6 is 0 Å². The molecule has 0 saturated carbocycles. The molecule has 1 N–H and O–H groups in total. The van der Waals surface area contributed by atoms with E-state index < -0.39 is 0 Å². The van der Waals surface area contributed by atoms with Crippen molar-refractivity contribution in [2.24, 2.45) is 7.05 Å². The molecule has 1 heterocycles. The van der Waals surface area contributed by atoms with Gasteiger partial charge in [-0.2, -0.15) is 5.10 Å². The Balaban J connectivity index is 2.50. The van der Waals surface area contributed by atoms with Crippen molar-refractivity contribution in [3.63, 3.8) is 0 Å². The Morgan fingerprint density at radius 3 is 2.83 bits per heavy atom. The molecule has 3 nitrogen and oxygen atoms in total. The lowest BCUT2D eigenvalue weighted by atomic mass is 10.1. The van der Waals surface area contributed by atoms with Crippen LogP contribution in [0, 0.1) is 0 Å². The molecule has 0 bridgehead atoms. The molecular weight excluding hydrogens is 150 g/mol. The molecule has 12 heavy (non-hydrogen) atoms. The molecule has 0 aliphatic heterocycles. The van der Waals surface area contributed by atoms with Crippen molar-refractivity contribution in [3.05, 3.63) is 18.0 Å². The maximum absolute atomic E-state index is 4.32. The van der Waals surface area contributed by atoms with Crippen molar-refractivity contribution < 1.29 is 0 Å². The van der Waals surface area contributed by atoms with Crippen LogP contribution in [-0.4, -0.2) is 22.9 Å². The molecule has 0 amide bonds. The molecule has 0 spiro atoms. The van der Waals surface area contributed by atoms with Gasteiger partial charge in [0.15, 0.2) is 0 Å². The van der Waals surface area contributed by atoms with E-state index in [1.807, 2.05) is 25.0 Å². The smallest absolute Gasteiger partial charge is 0.0639 e. The Morgan fingerprint density at radius 2 is 2.42 bits per heavy atom. The van der Waals surface area contributed by atoms with E-state index in [0.717, 1.165) is 12.8 Å². The summed E-state index contributed by atoms with van der Waals surface area (Å²) >= 11 is 0. The van der Waals surface area contributed by atoms with E-state index in [0.29, 0.717) is 6.04 Å². The lowest BCUT2D eigenvalue weighted by Crippen LogP contribution is -2.26. The van der Waals surface area contributed by atoms with Crippen LogP contribution < -0.4 is 5.32 Å². The topological polar surface area (TPSA) is 29.9 Å². The summed E-state index contributed by atoms with van der Waals surface area (Å²) in [5, 5.41) is 7.58. The summed E-state index contributed by atoms with van der Waals surface area (Å²) in [7, 11) is 3.95. The highest BCUT2D eigenvalue weighted by Crippen LogP contribution is 2.01. The van der Waals surface area contributed by atoms with E-state index in [4.69, 9.17) is 0 Å². The minimum atomic E-state index is 0.555. The van der Waals surface area contributed by atoms with Crippen molar-refractivity contribution in [1.82, 2.24) is 15.1 Å². The van der Waals surface area contributed by atoms with Crippen molar-refractivity contribution in [3.8, 4) is 0 Å². The Morgan fingerprint density at radius 1 is 1.67 bits per heavy atom. The molecule has 0 aromatic carbocycles. The maximum atomic E-state index is 4.32. The number of hydrogen-bond acceptors (Lipinski definition) is 2. The third kappa shape index (κ3) is 2.34. The van der Waals surface area contributed by atoms with Crippen molar-refractivity contribution in [2.45, 2.75) is 25.8 Å². The predicted molar refractivity (Wildman–Crippen MR) is 50.1 cm³/mol. The third-order valence-corrected chi connectivity index (χ3v) is 2.13.